The molecule has 0 aliphatic heterocycles. The van der Waals surface area contributed by atoms with Crippen LogP contribution in [-0.4, -0.2) is 33.1 Å². The van der Waals surface area contributed by atoms with Crippen LogP contribution in [0.25, 0.3) is 0 Å². The van der Waals surface area contributed by atoms with Crippen LogP contribution in [0.2, 0.25) is 0 Å². The van der Waals surface area contributed by atoms with Gasteiger partial charge in [-0.15, -0.1) is 0 Å². The Morgan fingerprint density at radius 1 is 1.80 bits per heavy atom. The van der Waals surface area contributed by atoms with Crippen molar-refractivity contribution in [3.05, 3.63) is 0 Å². The van der Waals surface area contributed by atoms with Crippen molar-refractivity contribution in [2.75, 3.05) is 7.11 Å². The summed E-state index contributed by atoms with van der Waals surface area (Å²) in [6, 6.07) is -0.623. The van der Waals surface area contributed by atoms with Gasteiger partial charge >= 0.3 is 5.97 Å². The lowest BCUT2D eigenvalue weighted by Crippen LogP contribution is -2.47. The molecule has 0 saturated carbocycles. The smallest absolute Gasteiger partial charge is 0.324 e. The number of ether oxygens (including phenoxy) is 1. The molecule has 0 aromatic heterocycles. The average Bonchev–Trinajstić information content (AvgIpc) is 2.00. The summed E-state index contributed by atoms with van der Waals surface area (Å²) in [6.07, 6.45) is 0. The Bertz CT molecular complexity index is 120. The first kappa shape index (κ1) is 9.45. The van der Waals surface area contributed by atoms with Gasteiger partial charge in [-0.3, -0.25) is 4.79 Å². The maximum atomic E-state index is 10.7. The van der Waals surface area contributed by atoms with Crippen molar-refractivity contribution in [2.24, 2.45) is 5.73 Å². The molecule has 4 nitrogen and oxygen atoms in total. The summed E-state index contributed by atoms with van der Waals surface area (Å²) in [5.41, 5.74) is 5.44. The molecule has 0 spiro atoms. The van der Waals surface area contributed by atoms with Gasteiger partial charge in [0.25, 0.3) is 0 Å². The van der Waals surface area contributed by atoms with Gasteiger partial charge in [-0.05, 0) is 6.92 Å². The van der Waals surface area contributed by atoms with E-state index >= 15 is 0 Å². The average molecular weight is 144 g/mol. The first-order valence-corrected chi connectivity index (χ1v) is 3.14. The lowest BCUT2D eigenvalue weighted by molar-refractivity contribution is -0.142. The summed E-state index contributed by atoms with van der Waals surface area (Å²) in [7, 11) is 3.07. The number of hydrogen-bond donors (Lipinski definition) is 2. The summed E-state index contributed by atoms with van der Waals surface area (Å²) in [6.45, 7) is 1.82. The van der Waals surface area contributed by atoms with Gasteiger partial charge in [-0.1, -0.05) is 0 Å². The normalized spacial score (nSPS) is 15.9. The molecule has 2 atom stereocenters. The van der Waals surface area contributed by atoms with Crippen molar-refractivity contribution in [2.45, 2.75) is 19.0 Å². The highest BCUT2D eigenvalue weighted by Crippen LogP contribution is 1.89. The molecule has 5 heteroatoms. The van der Waals surface area contributed by atoms with Crippen LogP contribution in [0.5, 0.6) is 0 Å². The van der Waals surface area contributed by atoms with Gasteiger partial charge in [-0.2, -0.15) is 0 Å². The number of nitrogens with one attached hydrogen (secondary N) is 1. The summed E-state index contributed by atoms with van der Waals surface area (Å²) < 4.78 is 4.43. The lowest BCUT2D eigenvalue weighted by Gasteiger charge is -2.16. The zero-order chi connectivity index (χ0) is 8.15. The second kappa shape index (κ2) is 4.30. The Balaban J connectivity index is 3.81. The fraction of sp³-hybridized carbons (Fsp3) is 0.800. The van der Waals surface area contributed by atoms with Crippen molar-refractivity contribution in [3.8, 4) is 0 Å². The zero-order valence-corrected chi connectivity index (χ0v) is 6.55. The number of carbonyl (C=O) groups excluding carboxylic acids is 1. The van der Waals surface area contributed by atoms with Gasteiger partial charge in [0.2, 0.25) is 0 Å². The minimum absolute atomic E-state index is 0.0487. The van der Waals surface area contributed by atoms with E-state index in [0.29, 0.717) is 0 Å². The number of hydrogen-bond acceptors (Lipinski definition) is 4. The predicted molar refractivity (Wildman–Crippen MR) is 41.1 cm³/mol. The minimum atomic E-state index is -0.574. The number of rotatable bonds is 3. The second-order valence-corrected chi connectivity index (χ2v) is 2.13. The molecular formula is C5H13BN2O2. The molecule has 0 bridgehead atoms. The monoisotopic (exact) mass is 144 g/mol. The van der Waals surface area contributed by atoms with Crippen LogP contribution in [0.3, 0.4) is 0 Å². The highest BCUT2D eigenvalue weighted by atomic mass is 16.5. The van der Waals surface area contributed by atoms with E-state index < -0.39 is 6.04 Å². The van der Waals surface area contributed by atoms with Crippen molar-refractivity contribution in [1.29, 1.82) is 0 Å². The first-order valence-electron chi connectivity index (χ1n) is 3.14. The van der Waals surface area contributed by atoms with Crippen molar-refractivity contribution < 1.29 is 9.53 Å². The molecule has 0 saturated heterocycles. The number of carbonyl (C=O) groups is 1. The van der Waals surface area contributed by atoms with E-state index in [0.717, 1.165) is 0 Å². The summed E-state index contributed by atoms with van der Waals surface area (Å²) in [4.78, 5) is 10.7. The third-order valence-corrected chi connectivity index (χ3v) is 1.47. The van der Waals surface area contributed by atoms with E-state index in [4.69, 9.17) is 5.73 Å². The molecule has 0 radical (unpaired) electrons. The van der Waals surface area contributed by atoms with Crippen LogP contribution in [0.1, 0.15) is 6.92 Å². The number of esters is 1. The van der Waals surface area contributed by atoms with Gasteiger partial charge in [0.1, 0.15) is 6.04 Å². The quantitative estimate of drug-likeness (QED) is 0.355. The topological polar surface area (TPSA) is 64.3 Å². The number of nitrogens with two attached hydrogens (primary N) is 1. The first-order chi connectivity index (χ1) is 4.63. The van der Waals surface area contributed by atoms with Gasteiger partial charge in [0, 0.05) is 6.04 Å². The Labute approximate surface area is 61.5 Å². The van der Waals surface area contributed by atoms with Crippen molar-refractivity contribution >= 4 is 14.0 Å². The van der Waals surface area contributed by atoms with E-state index in [1.165, 1.54) is 7.11 Å². The Kier molecular flexibility index (Phi) is 4.06. The van der Waals surface area contributed by atoms with Crippen molar-refractivity contribution in [1.82, 2.24) is 5.23 Å². The fourth-order valence-electron chi connectivity index (χ4n) is 0.520. The molecule has 0 aromatic rings. The van der Waals surface area contributed by atoms with Crippen LogP contribution in [0.15, 0.2) is 0 Å². The predicted octanol–water partition coefficient (Wildman–Crippen LogP) is -1.99. The molecule has 10 heavy (non-hydrogen) atoms. The molecule has 0 rings (SSSR count). The fourth-order valence-corrected chi connectivity index (χ4v) is 0.520. The summed E-state index contributed by atoms with van der Waals surface area (Å²) in [5.74, 6) is -0.387. The van der Waals surface area contributed by atoms with Crippen LogP contribution in [-0.2, 0) is 9.53 Å². The third kappa shape index (κ3) is 2.37. The van der Waals surface area contributed by atoms with Gasteiger partial charge < -0.3 is 15.7 Å². The lowest BCUT2D eigenvalue weighted by atomic mass is 10.1. The van der Waals surface area contributed by atoms with Crippen LogP contribution in [0.4, 0.5) is 0 Å². The van der Waals surface area contributed by atoms with E-state index in [1.807, 2.05) is 6.92 Å². The minimum Gasteiger partial charge on any atom is -0.468 e. The van der Waals surface area contributed by atoms with E-state index in [1.54, 1.807) is 7.98 Å². The summed E-state index contributed by atoms with van der Waals surface area (Å²) >= 11 is 0. The SMILES string of the molecule is BN[C@H](C)[C@H](N)C(=O)OC. The Hall–Kier alpha value is -0.545. The third-order valence-electron chi connectivity index (χ3n) is 1.47. The molecule has 58 valence electrons. The van der Waals surface area contributed by atoms with Gasteiger partial charge in [-0.25, -0.2) is 0 Å². The van der Waals surface area contributed by atoms with E-state index in [9.17, 15) is 4.79 Å². The maximum absolute atomic E-state index is 10.7. The van der Waals surface area contributed by atoms with Crippen LogP contribution < -0.4 is 11.0 Å². The van der Waals surface area contributed by atoms with Crippen LogP contribution in [0, 0.1) is 0 Å². The molecule has 0 aliphatic carbocycles. The number of methoxy groups -OCH3 is 1. The van der Waals surface area contributed by atoms with E-state index in [-0.39, 0.29) is 12.0 Å². The van der Waals surface area contributed by atoms with E-state index in [2.05, 4.69) is 9.96 Å². The highest BCUT2D eigenvalue weighted by Gasteiger charge is 2.18. The van der Waals surface area contributed by atoms with Gasteiger partial charge in [0.15, 0.2) is 7.98 Å². The standard InChI is InChI=1S/C5H13BN2O2/c1-3(8-6)4(7)5(9)10-2/h3-4,8H,6-7H2,1-2H3/t3-,4+/m1/s1. The largest absolute Gasteiger partial charge is 0.468 e. The Morgan fingerprint density at radius 2 is 2.30 bits per heavy atom. The van der Waals surface area contributed by atoms with Gasteiger partial charge in [0.05, 0.1) is 7.11 Å². The molecule has 0 heterocycles. The van der Waals surface area contributed by atoms with Crippen molar-refractivity contribution in [3.63, 3.8) is 0 Å². The maximum Gasteiger partial charge on any atom is 0.324 e. The molecular weight excluding hydrogens is 131 g/mol. The molecule has 0 fully saturated rings. The highest BCUT2D eigenvalue weighted by molar-refractivity contribution is 6.04. The molecule has 0 amide bonds. The molecule has 0 aromatic carbocycles. The zero-order valence-electron chi connectivity index (χ0n) is 6.55. The molecule has 0 aliphatic rings. The Morgan fingerprint density at radius 3 is 2.60 bits per heavy atom. The summed E-state index contributed by atoms with van der Waals surface area (Å²) in [5, 5.41) is 2.85. The molecule has 3 N–H and O–H groups in total. The van der Waals surface area contributed by atoms with Crippen LogP contribution >= 0.6 is 0 Å². The molecule has 0 unspecified atom stereocenters. The second-order valence-electron chi connectivity index (χ2n) is 2.13.